The molecule has 0 saturated carbocycles. The zero-order chi connectivity index (χ0) is 33.5. The fourth-order valence-corrected chi connectivity index (χ4v) is 7.29. The first-order valence-electron chi connectivity index (χ1n) is 15.8. The van der Waals surface area contributed by atoms with Crippen LogP contribution in [0.3, 0.4) is 0 Å². The van der Waals surface area contributed by atoms with E-state index in [9.17, 15) is 23.1 Å². The van der Waals surface area contributed by atoms with Crippen LogP contribution in [0.5, 0.6) is 11.5 Å². The number of aliphatic hydroxyl groups is 1. The molecule has 4 rings (SSSR count). The predicted octanol–water partition coefficient (Wildman–Crippen LogP) is 2.87. The summed E-state index contributed by atoms with van der Waals surface area (Å²) in [6.45, 7) is 9.74. The summed E-state index contributed by atoms with van der Waals surface area (Å²) in [5.74, 6) is 0.549. The van der Waals surface area contributed by atoms with Crippen molar-refractivity contribution in [3.05, 3.63) is 54.1 Å². The van der Waals surface area contributed by atoms with Gasteiger partial charge in [-0.05, 0) is 87.8 Å². The van der Waals surface area contributed by atoms with Gasteiger partial charge in [-0.3, -0.25) is 14.5 Å². The molecule has 13 heteroatoms. The van der Waals surface area contributed by atoms with Gasteiger partial charge in [0.25, 0.3) is 0 Å². The number of hydrogen-bond acceptors (Lipinski definition) is 10. The highest BCUT2D eigenvalue weighted by molar-refractivity contribution is 7.97. The molecule has 0 aromatic heterocycles. The largest absolute Gasteiger partial charge is 0.454 e. The number of fused-ring (bicyclic) bond motifs is 1. The molecule has 2 aliphatic rings. The molecule has 2 aliphatic heterocycles. The Labute approximate surface area is 277 Å². The first-order valence-corrected chi connectivity index (χ1v) is 18.5. The number of amides is 2. The summed E-state index contributed by atoms with van der Waals surface area (Å²) in [4.78, 5) is 30.0. The fourth-order valence-electron chi connectivity index (χ4n) is 5.51. The van der Waals surface area contributed by atoms with Crippen LogP contribution in [0.25, 0.3) is 0 Å². The molecule has 0 bridgehead atoms. The number of likely N-dealkylation sites (tertiary alicyclic amines) is 1. The van der Waals surface area contributed by atoms with E-state index in [1.165, 1.54) is 25.8 Å². The molecule has 2 amide bonds. The third-order valence-corrected chi connectivity index (χ3v) is 11.6. The Morgan fingerprint density at radius 1 is 1.02 bits per heavy atom. The number of nitrogens with one attached hydrogen (secondary N) is 2. The van der Waals surface area contributed by atoms with Crippen molar-refractivity contribution in [2.24, 2.45) is 5.92 Å². The molecule has 3 N–H and O–H groups in total. The smallest absolute Gasteiger partial charge is 0.244 e. The fraction of sp³-hybridized carbons (Fsp3) is 0.576. The number of aliphatic hydroxyl groups excluding tert-OH is 1. The van der Waals surface area contributed by atoms with Crippen LogP contribution < -0.4 is 20.1 Å². The van der Waals surface area contributed by atoms with E-state index in [4.69, 9.17) is 9.47 Å². The Balaban J connectivity index is 1.56. The maximum absolute atomic E-state index is 14.0. The minimum atomic E-state index is -3.79. The molecule has 1 fully saturated rings. The van der Waals surface area contributed by atoms with Crippen molar-refractivity contribution in [3.8, 4) is 11.5 Å². The molecular formula is C33H48N4O7S2. The highest BCUT2D eigenvalue weighted by atomic mass is 32.2. The lowest BCUT2D eigenvalue weighted by Gasteiger charge is -2.35. The normalized spacial score (nSPS) is 17.2. The van der Waals surface area contributed by atoms with E-state index in [2.05, 4.69) is 24.5 Å². The van der Waals surface area contributed by atoms with E-state index in [0.29, 0.717) is 24.5 Å². The van der Waals surface area contributed by atoms with Gasteiger partial charge in [-0.1, -0.05) is 44.2 Å². The van der Waals surface area contributed by atoms with Gasteiger partial charge in [-0.15, -0.1) is 0 Å². The summed E-state index contributed by atoms with van der Waals surface area (Å²) in [5.41, 5.74) is 0.891. The van der Waals surface area contributed by atoms with Crippen molar-refractivity contribution >= 4 is 33.6 Å². The number of hydrogen-bond donors (Lipinski definition) is 3. The molecule has 3 atom stereocenters. The molecule has 1 saturated heterocycles. The third-order valence-electron chi connectivity index (χ3n) is 8.41. The quantitative estimate of drug-likeness (QED) is 0.228. The minimum absolute atomic E-state index is 0.0843. The summed E-state index contributed by atoms with van der Waals surface area (Å²) in [6.07, 6.45) is 2.31. The van der Waals surface area contributed by atoms with Gasteiger partial charge >= 0.3 is 0 Å². The van der Waals surface area contributed by atoms with Gasteiger partial charge in [-0.2, -0.15) is 0 Å². The van der Waals surface area contributed by atoms with Crippen molar-refractivity contribution in [2.45, 2.75) is 74.8 Å². The Bertz CT molecular complexity index is 1430. The summed E-state index contributed by atoms with van der Waals surface area (Å²) >= 11 is 1.48. The standard InChI is InChI=1S/C33H48N4O7S2/c1-23(2)19-37(45-25-13-14-28-29(18-25)44-22-43-28)20-27(38)26(17-24-11-7-6-8-12-24)34-32(40)31(33(3,4)46(5,41)42)35-30(39)21-36-15-9-10-16-36/h6-8,11-14,18,23,26-27,31,38H,9-10,15-17,19-22H2,1-5H3,(H,34,40)(H,35,39)/t26-,27+,31+/m0/s1. The van der Waals surface area contributed by atoms with Crippen molar-refractivity contribution in [3.63, 3.8) is 0 Å². The van der Waals surface area contributed by atoms with Gasteiger partial charge in [0.1, 0.15) is 6.04 Å². The lowest BCUT2D eigenvalue weighted by atomic mass is 9.98. The summed E-state index contributed by atoms with van der Waals surface area (Å²) in [7, 11) is -3.79. The zero-order valence-electron chi connectivity index (χ0n) is 27.4. The third kappa shape index (κ3) is 9.83. The van der Waals surface area contributed by atoms with Crippen molar-refractivity contribution in [1.29, 1.82) is 0 Å². The maximum atomic E-state index is 14.0. The van der Waals surface area contributed by atoms with Gasteiger partial charge in [0.2, 0.25) is 18.6 Å². The second-order valence-corrected chi connectivity index (χ2v) is 16.8. The highest BCUT2D eigenvalue weighted by Gasteiger charge is 2.45. The van der Waals surface area contributed by atoms with E-state index < -0.39 is 44.6 Å². The summed E-state index contributed by atoms with van der Waals surface area (Å²) in [6, 6.07) is 13.0. The molecule has 11 nitrogen and oxygen atoms in total. The molecule has 0 unspecified atom stereocenters. The van der Waals surface area contributed by atoms with Crippen LogP contribution in [-0.4, -0.2) is 103 Å². The Hall–Kier alpha value is -2.84. The van der Waals surface area contributed by atoms with E-state index >= 15 is 0 Å². The Morgan fingerprint density at radius 3 is 2.35 bits per heavy atom. The molecular weight excluding hydrogens is 629 g/mol. The predicted molar refractivity (Wildman–Crippen MR) is 179 cm³/mol. The minimum Gasteiger partial charge on any atom is -0.454 e. The molecule has 46 heavy (non-hydrogen) atoms. The summed E-state index contributed by atoms with van der Waals surface area (Å²) < 4.78 is 37.2. The van der Waals surface area contributed by atoms with Crippen LogP contribution in [0, 0.1) is 5.92 Å². The van der Waals surface area contributed by atoms with Gasteiger partial charge in [0.05, 0.1) is 23.4 Å². The van der Waals surface area contributed by atoms with Crippen LogP contribution in [0.1, 0.15) is 46.1 Å². The van der Waals surface area contributed by atoms with E-state index in [-0.39, 0.29) is 25.8 Å². The van der Waals surface area contributed by atoms with E-state index in [1.807, 2.05) is 57.7 Å². The van der Waals surface area contributed by atoms with Gasteiger partial charge in [0.15, 0.2) is 21.3 Å². The molecule has 2 heterocycles. The monoisotopic (exact) mass is 676 g/mol. The number of sulfone groups is 1. The van der Waals surface area contributed by atoms with Crippen molar-refractivity contribution < 1.29 is 32.6 Å². The second-order valence-electron chi connectivity index (χ2n) is 13.1. The first kappa shape index (κ1) is 36.0. The van der Waals surface area contributed by atoms with Gasteiger partial charge < -0.3 is 25.2 Å². The van der Waals surface area contributed by atoms with Gasteiger partial charge in [-0.25, -0.2) is 12.7 Å². The first-order chi connectivity index (χ1) is 21.7. The van der Waals surface area contributed by atoms with E-state index in [1.54, 1.807) is 0 Å². The number of nitrogens with zero attached hydrogens (tertiary/aromatic N) is 2. The van der Waals surface area contributed by atoms with Crippen LogP contribution in [0.15, 0.2) is 53.4 Å². The van der Waals surface area contributed by atoms with Crippen LogP contribution >= 0.6 is 11.9 Å². The Morgan fingerprint density at radius 2 is 1.70 bits per heavy atom. The second kappa shape index (κ2) is 15.8. The molecule has 2 aromatic carbocycles. The molecule has 2 aromatic rings. The number of ether oxygens (including phenoxy) is 2. The van der Waals surface area contributed by atoms with Crippen LogP contribution in [0.4, 0.5) is 0 Å². The maximum Gasteiger partial charge on any atom is 0.244 e. The number of rotatable bonds is 16. The number of benzene rings is 2. The lowest BCUT2D eigenvalue weighted by Crippen LogP contribution is -2.63. The van der Waals surface area contributed by atoms with Crippen LogP contribution in [-0.2, 0) is 25.8 Å². The van der Waals surface area contributed by atoms with E-state index in [0.717, 1.165) is 42.6 Å². The lowest BCUT2D eigenvalue weighted by molar-refractivity contribution is -0.131. The number of carbonyl (C=O) groups excluding carboxylic acids is 2. The SMILES string of the molecule is CC(C)CN(C[C@@H](O)[C@H](Cc1ccccc1)NC(=O)[C@@H](NC(=O)CN1CCCC1)C(C)(C)S(C)(=O)=O)Sc1ccc2c(c1)OCO2. The molecule has 0 spiro atoms. The molecule has 0 radical (unpaired) electrons. The average Bonchev–Trinajstić information content (AvgIpc) is 3.67. The topological polar surface area (TPSA) is 138 Å². The van der Waals surface area contributed by atoms with Gasteiger partial charge in [0, 0.05) is 24.2 Å². The average molecular weight is 677 g/mol. The zero-order valence-corrected chi connectivity index (χ0v) is 29.0. The molecule has 254 valence electrons. The summed E-state index contributed by atoms with van der Waals surface area (Å²) in [5, 5.41) is 17.4. The van der Waals surface area contributed by atoms with Crippen molar-refractivity contribution in [2.75, 3.05) is 45.8 Å². The molecule has 0 aliphatic carbocycles. The number of carbonyl (C=O) groups is 2. The Kier molecular flexibility index (Phi) is 12.4. The van der Waals surface area contributed by atoms with Crippen LogP contribution in [0.2, 0.25) is 0 Å². The van der Waals surface area contributed by atoms with Crippen molar-refractivity contribution in [1.82, 2.24) is 19.8 Å². The highest BCUT2D eigenvalue weighted by Crippen LogP contribution is 2.37.